The van der Waals surface area contributed by atoms with Crippen LogP contribution in [0.15, 0.2) is 42.5 Å². The van der Waals surface area contributed by atoms with Crippen molar-refractivity contribution in [2.75, 3.05) is 11.1 Å². The molecule has 1 aromatic carbocycles. The second kappa shape index (κ2) is 5.52. The third-order valence-electron chi connectivity index (χ3n) is 3.64. The first-order chi connectivity index (χ1) is 10.6. The van der Waals surface area contributed by atoms with Crippen LogP contribution in [0.25, 0.3) is 16.9 Å². The molecule has 0 radical (unpaired) electrons. The van der Waals surface area contributed by atoms with E-state index in [0.29, 0.717) is 12.2 Å². The molecule has 0 aliphatic rings. The zero-order valence-corrected chi connectivity index (χ0v) is 12.6. The summed E-state index contributed by atoms with van der Waals surface area (Å²) < 4.78 is 1.93. The lowest BCUT2D eigenvalue weighted by Crippen LogP contribution is -2.09. The Morgan fingerprint density at radius 2 is 1.95 bits per heavy atom. The molecule has 2 aromatic heterocycles. The van der Waals surface area contributed by atoms with Crippen molar-refractivity contribution >= 4 is 23.1 Å². The van der Waals surface area contributed by atoms with Crippen LogP contribution >= 0.6 is 0 Å². The lowest BCUT2D eigenvalue weighted by atomic mass is 10.1. The number of nitrogen functional groups attached to an aromatic ring is 1. The smallest absolute Gasteiger partial charge is 0.224 e. The fraction of sp³-hybridized carbons (Fsp3) is 0.176. The van der Waals surface area contributed by atoms with Gasteiger partial charge in [-0.3, -0.25) is 9.20 Å². The summed E-state index contributed by atoms with van der Waals surface area (Å²) in [6.45, 7) is 3.82. The van der Waals surface area contributed by atoms with E-state index < -0.39 is 0 Å². The average Bonchev–Trinajstić information content (AvgIpc) is 2.86. The number of amides is 1. The van der Waals surface area contributed by atoms with Gasteiger partial charge in [0.2, 0.25) is 5.91 Å². The number of nitrogens with zero attached hydrogens (tertiary/aromatic N) is 2. The van der Waals surface area contributed by atoms with Crippen molar-refractivity contribution in [2.24, 2.45) is 0 Å². The summed E-state index contributed by atoms with van der Waals surface area (Å²) in [7, 11) is 0. The number of hydrogen-bond donors (Lipinski definition) is 2. The maximum absolute atomic E-state index is 11.4. The molecule has 0 spiro atoms. The molecule has 3 aromatic rings. The molecular formula is C17H18N4O. The van der Waals surface area contributed by atoms with Gasteiger partial charge in [0, 0.05) is 23.4 Å². The Hall–Kier alpha value is -2.82. The van der Waals surface area contributed by atoms with Gasteiger partial charge >= 0.3 is 0 Å². The van der Waals surface area contributed by atoms with Crippen LogP contribution in [0.4, 0.5) is 11.5 Å². The van der Waals surface area contributed by atoms with Crippen molar-refractivity contribution in [1.82, 2.24) is 9.38 Å². The molecule has 0 saturated carbocycles. The summed E-state index contributed by atoms with van der Waals surface area (Å²) >= 11 is 0. The summed E-state index contributed by atoms with van der Waals surface area (Å²) in [5, 5.41) is 2.82. The van der Waals surface area contributed by atoms with Gasteiger partial charge in [0.1, 0.15) is 17.2 Å². The molecule has 0 saturated heterocycles. The van der Waals surface area contributed by atoms with Gasteiger partial charge in [0.15, 0.2) is 0 Å². The fourth-order valence-corrected chi connectivity index (χ4v) is 2.45. The van der Waals surface area contributed by atoms with E-state index in [2.05, 4.69) is 10.3 Å². The lowest BCUT2D eigenvalue weighted by Gasteiger charge is -2.05. The van der Waals surface area contributed by atoms with E-state index in [1.807, 2.05) is 60.7 Å². The Labute approximate surface area is 128 Å². The van der Waals surface area contributed by atoms with Crippen LogP contribution in [0, 0.1) is 6.92 Å². The van der Waals surface area contributed by atoms with Crippen molar-refractivity contribution in [3.05, 3.63) is 48.2 Å². The molecule has 5 heteroatoms. The number of anilines is 2. The van der Waals surface area contributed by atoms with Crippen molar-refractivity contribution < 1.29 is 4.79 Å². The zero-order chi connectivity index (χ0) is 15.7. The van der Waals surface area contributed by atoms with Crippen molar-refractivity contribution in [2.45, 2.75) is 20.3 Å². The normalized spacial score (nSPS) is 10.8. The predicted molar refractivity (Wildman–Crippen MR) is 88.7 cm³/mol. The quantitative estimate of drug-likeness (QED) is 0.779. The third-order valence-corrected chi connectivity index (χ3v) is 3.64. The van der Waals surface area contributed by atoms with Gasteiger partial charge in [-0.1, -0.05) is 25.1 Å². The van der Waals surface area contributed by atoms with Gasteiger partial charge in [-0.2, -0.15) is 0 Å². The van der Waals surface area contributed by atoms with E-state index in [1.54, 1.807) is 0 Å². The Morgan fingerprint density at radius 3 is 2.59 bits per heavy atom. The number of fused-ring (bicyclic) bond motifs is 1. The van der Waals surface area contributed by atoms with Crippen LogP contribution < -0.4 is 11.1 Å². The van der Waals surface area contributed by atoms with Crippen molar-refractivity contribution in [3.8, 4) is 11.3 Å². The minimum atomic E-state index is -0.00406. The first-order valence-corrected chi connectivity index (χ1v) is 7.24. The molecule has 1 amide bonds. The SMILES string of the molecule is CCC(=O)Nc1ccc(-c2nc3cccc(C)n3c2N)cc1. The van der Waals surface area contributed by atoms with Gasteiger partial charge in [-0.15, -0.1) is 0 Å². The molecule has 3 N–H and O–H groups in total. The number of aryl methyl sites for hydroxylation is 1. The number of nitrogens with one attached hydrogen (secondary N) is 1. The molecule has 0 atom stereocenters. The maximum Gasteiger partial charge on any atom is 0.224 e. The number of nitrogens with two attached hydrogens (primary N) is 1. The molecule has 0 bridgehead atoms. The number of pyridine rings is 1. The Kier molecular flexibility index (Phi) is 3.55. The molecule has 0 aliphatic carbocycles. The third kappa shape index (κ3) is 2.41. The molecule has 112 valence electrons. The highest BCUT2D eigenvalue weighted by atomic mass is 16.1. The minimum absolute atomic E-state index is 0.00406. The second-order valence-corrected chi connectivity index (χ2v) is 5.19. The molecule has 3 rings (SSSR count). The topological polar surface area (TPSA) is 72.4 Å². The summed E-state index contributed by atoms with van der Waals surface area (Å²) in [4.78, 5) is 16.0. The van der Waals surface area contributed by atoms with Gasteiger partial charge in [0.05, 0.1) is 0 Å². The van der Waals surface area contributed by atoms with E-state index in [9.17, 15) is 4.79 Å². The minimum Gasteiger partial charge on any atom is -0.383 e. The summed E-state index contributed by atoms with van der Waals surface area (Å²) in [5.74, 6) is 0.620. The number of aromatic nitrogens is 2. The van der Waals surface area contributed by atoms with Gasteiger partial charge in [-0.25, -0.2) is 4.98 Å². The van der Waals surface area contributed by atoms with E-state index in [4.69, 9.17) is 5.73 Å². The predicted octanol–water partition coefficient (Wildman–Crippen LogP) is 3.24. The Balaban J connectivity index is 1.99. The summed E-state index contributed by atoms with van der Waals surface area (Å²) in [5.41, 5.74) is 10.6. The highest BCUT2D eigenvalue weighted by Crippen LogP contribution is 2.28. The van der Waals surface area contributed by atoms with Gasteiger partial charge < -0.3 is 11.1 Å². The van der Waals surface area contributed by atoms with Gasteiger partial charge in [-0.05, 0) is 31.2 Å². The molecule has 0 fully saturated rings. The molecule has 0 aliphatic heterocycles. The average molecular weight is 294 g/mol. The Morgan fingerprint density at radius 1 is 1.23 bits per heavy atom. The van der Waals surface area contributed by atoms with Crippen LogP contribution in [0.5, 0.6) is 0 Å². The highest BCUT2D eigenvalue weighted by molar-refractivity contribution is 5.90. The Bertz CT molecular complexity index is 834. The second-order valence-electron chi connectivity index (χ2n) is 5.19. The summed E-state index contributed by atoms with van der Waals surface area (Å²) in [6, 6.07) is 13.4. The highest BCUT2D eigenvalue weighted by Gasteiger charge is 2.12. The van der Waals surface area contributed by atoms with Crippen molar-refractivity contribution in [3.63, 3.8) is 0 Å². The number of carbonyl (C=O) groups excluding carboxylic acids is 1. The molecular weight excluding hydrogens is 276 g/mol. The first kappa shape index (κ1) is 14.1. The number of hydrogen-bond acceptors (Lipinski definition) is 3. The number of imidazole rings is 1. The standard InChI is InChI=1S/C17H18N4O/c1-3-15(22)19-13-9-7-12(8-10-13)16-17(18)21-11(2)5-4-6-14(21)20-16/h4-10H,3,18H2,1-2H3,(H,19,22). The fourth-order valence-electron chi connectivity index (χ4n) is 2.45. The summed E-state index contributed by atoms with van der Waals surface area (Å²) in [6.07, 6.45) is 0.459. The molecule has 2 heterocycles. The van der Waals surface area contributed by atoms with E-state index >= 15 is 0 Å². The van der Waals surface area contributed by atoms with Crippen LogP contribution in [-0.2, 0) is 4.79 Å². The van der Waals surface area contributed by atoms with E-state index in [1.165, 1.54) is 0 Å². The first-order valence-electron chi connectivity index (χ1n) is 7.24. The zero-order valence-electron chi connectivity index (χ0n) is 12.6. The molecule has 0 unspecified atom stereocenters. The van der Waals surface area contributed by atoms with Crippen molar-refractivity contribution in [1.29, 1.82) is 0 Å². The lowest BCUT2D eigenvalue weighted by molar-refractivity contribution is -0.115. The largest absolute Gasteiger partial charge is 0.383 e. The van der Waals surface area contributed by atoms with Crippen LogP contribution in [0.1, 0.15) is 19.0 Å². The number of benzene rings is 1. The van der Waals surface area contributed by atoms with Crippen LogP contribution in [0.2, 0.25) is 0 Å². The van der Waals surface area contributed by atoms with Gasteiger partial charge in [0.25, 0.3) is 0 Å². The maximum atomic E-state index is 11.4. The number of rotatable bonds is 3. The number of carbonyl (C=O) groups is 1. The molecule has 5 nitrogen and oxygen atoms in total. The van der Waals surface area contributed by atoms with Crippen LogP contribution in [0.3, 0.4) is 0 Å². The molecule has 22 heavy (non-hydrogen) atoms. The monoisotopic (exact) mass is 294 g/mol. The van der Waals surface area contributed by atoms with Crippen LogP contribution in [-0.4, -0.2) is 15.3 Å². The van der Waals surface area contributed by atoms with E-state index in [-0.39, 0.29) is 5.91 Å². The van der Waals surface area contributed by atoms with E-state index in [0.717, 1.165) is 28.3 Å².